The quantitative estimate of drug-likeness (QED) is 0.0509. The molecule has 0 radical (unpaired) electrons. The van der Waals surface area contributed by atoms with Crippen molar-refractivity contribution in [3.05, 3.63) is 0 Å². The Bertz CT molecular complexity index is 1360. The Kier molecular flexibility index (Phi) is 40.3. The van der Waals surface area contributed by atoms with E-state index in [0.29, 0.717) is 6.42 Å². The third-order valence-electron chi connectivity index (χ3n) is 5.21. The van der Waals surface area contributed by atoms with Crippen LogP contribution in [-0.4, -0.2) is 31.3 Å². The van der Waals surface area contributed by atoms with Crippen molar-refractivity contribution in [2.45, 2.75) is 96.5 Å². The molecule has 0 saturated heterocycles. The molecule has 256 valence electrons. The van der Waals surface area contributed by atoms with Crippen LogP contribution in [0.25, 0.3) is 0 Å². The summed E-state index contributed by atoms with van der Waals surface area (Å²) >= 11 is 0. The minimum absolute atomic E-state index is 0. The number of carbonyl (C=O) groups excluding carboxylic acids is 2. The maximum absolute atomic E-state index is 12.2. The van der Waals surface area contributed by atoms with E-state index in [0.717, 1.165) is 19.3 Å². The molecule has 0 rings (SSSR count). The molecule has 0 fully saturated rings. The summed E-state index contributed by atoms with van der Waals surface area (Å²) in [6.45, 7) is 0.861. The van der Waals surface area contributed by atoms with Crippen LogP contribution in [0.3, 0.4) is 0 Å². The molecule has 1 atom stereocenters. The minimum Gasteiger partial charge on any atom is -0.790 e. The molecule has 0 aliphatic carbocycles. The summed E-state index contributed by atoms with van der Waals surface area (Å²) < 4.78 is 25.0. The van der Waals surface area contributed by atoms with Crippen molar-refractivity contribution in [2.75, 3.05) is 13.2 Å². The van der Waals surface area contributed by atoms with Crippen LogP contribution in [0.5, 0.6) is 0 Å². The molecule has 0 amide bonds. The maximum Gasteiger partial charge on any atom is 1.00 e. The summed E-state index contributed by atoms with van der Waals surface area (Å²) in [5, 5.41) is 0. The van der Waals surface area contributed by atoms with Gasteiger partial charge in [-0.2, -0.15) is 0 Å². The summed E-state index contributed by atoms with van der Waals surface area (Å²) in [5.74, 6) is 28.4. The summed E-state index contributed by atoms with van der Waals surface area (Å²) in [6, 6.07) is 0. The van der Waals surface area contributed by atoms with Gasteiger partial charge in [-0.05, 0) is 77.5 Å². The van der Waals surface area contributed by atoms with Crippen LogP contribution < -0.4 is 75.1 Å². The average Bonchev–Trinajstić information content (AvgIpc) is 2.95. The SMILES string of the molecule is C#CC#CC#CC#CC#CC#CC#CC(=O)OC[C@H](COP(=O)([O-])[O-])OC(=O)CCCCCCCCCCCCCC.N.[HH].[HH].[HH].[HH].[HH].[HH].[HH].[HH].[HH].[HH].[HH].[HH].[HH].[Na+].[Na+]. The Balaban J connectivity index is -0.0000000700. The van der Waals surface area contributed by atoms with Crippen LogP contribution in [0.4, 0.5) is 0 Å². The Morgan fingerprint density at radius 2 is 1.13 bits per heavy atom. The Morgan fingerprint density at radius 3 is 1.58 bits per heavy atom. The molecule has 0 aromatic carbocycles. The van der Waals surface area contributed by atoms with Gasteiger partial charge in [0, 0.05) is 30.9 Å². The van der Waals surface area contributed by atoms with Gasteiger partial charge in [-0.1, -0.05) is 77.6 Å². The predicted molar refractivity (Wildman–Crippen MR) is 188 cm³/mol. The summed E-state index contributed by atoms with van der Waals surface area (Å²) in [7, 11) is -5.32. The van der Waals surface area contributed by atoms with Crippen molar-refractivity contribution in [3.63, 3.8) is 0 Å². The van der Waals surface area contributed by atoms with Crippen molar-refractivity contribution in [2.24, 2.45) is 0 Å². The molecular formula is C33H64NNa2O8P. The summed E-state index contributed by atoms with van der Waals surface area (Å²) in [6.07, 6.45) is 17.4. The zero-order valence-corrected chi connectivity index (χ0v) is 31.6. The first-order valence-electron chi connectivity index (χ1n) is 13.8. The van der Waals surface area contributed by atoms with Crippen LogP contribution in [-0.2, 0) is 28.2 Å². The van der Waals surface area contributed by atoms with E-state index in [1.54, 1.807) is 0 Å². The van der Waals surface area contributed by atoms with E-state index in [1.807, 2.05) is 0 Å². The first-order valence-corrected chi connectivity index (χ1v) is 15.2. The van der Waals surface area contributed by atoms with Crippen molar-refractivity contribution in [1.29, 1.82) is 0 Å². The average molecular weight is 680 g/mol. The molecule has 0 unspecified atom stereocenters. The number of rotatable bonds is 19. The monoisotopic (exact) mass is 679 g/mol. The van der Waals surface area contributed by atoms with Crippen LogP contribution in [0.2, 0.25) is 0 Å². The zero-order valence-electron chi connectivity index (χ0n) is 26.7. The van der Waals surface area contributed by atoms with Gasteiger partial charge in [0.05, 0.1) is 14.4 Å². The summed E-state index contributed by atoms with van der Waals surface area (Å²) in [5.41, 5.74) is 0. The second-order valence-corrected chi connectivity index (χ2v) is 9.89. The molecule has 0 aromatic heterocycles. The number of unbranched alkanes of at least 4 members (excludes halogenated alkanes) is 11. The van der Waals surface area contributed by atoms with Gasteiger partial charge >= 0.3 is 71.1 Å². The molecule has 0 heterocycles. The molecule has 0 saturated carbocycles. The second kappa shape index (κ2) is 36.4. The van der Waals surface area contributed by atoms with Gasteiger partial charge in [-0.25, -0.2) is 4.79 Å². The normalized spacial score (nSPS) is 9.20. The van der Waals surface area contributed by atoms with Crippen LogP contribution in [0.1, 0.15) is 109 Å². The molecule has 3 N–H and O–H groups in total. The van der Waals surface area contributed by atoms with Gasteiger partial charge in [0.2, 0.25) is 0 Å². The smallest absolute Gasteiger partial charge is 0.790 e. The molecule has 0 aliphatic heterocycles. The molecule has 45 heavy (non-hydrogen) atoms. The van der Waals surface area contributed by atoms with Gasteiger partial charge in [0.1, 0.15) is 6.61 Å². The van der Waals surface area contributed by atoms with E-state index in [1.165, 1.54) is 51.4 Å². The van der Waals surface area contributed by atoms with Gasteiger partial charge in [0.15, 0.2) is 6.10 Å². The Morgan fingerprint density at radius 1 is 0.711 bits per heavy atom. The van der Waals surface area contributed by atoms with Gasteiger partial charge in [-0.3, -0.25) is 4.79 Å². The molecule has 12 heteroatoms. The topological polar surface area (TPSA) is 160 Å². The molecule has 0 aliphatic rings. The first-order chi connectivity index (χ1) is 20.3. The molecule has 0 aromatic rings. The van der Waals surface area contributed by atoms with E-state index in [2.05, 4.69) is 88.4 Å². The number of hydrogen-bond donors (Lipinski definition) is 1. The Hall–Kier alpha value is -2.07. The van der Waals surface area contributed by atoms with Crippen LogP contribution in [0.15, 0.2) is 0 Å². The fraction of sp³-hybridized carbons (Fsp3) is 0.515. The van der Waals surface area contributed by atoms with Crippen molar-refractivity contribution in [3.8, 4) is 83.4 Å². The van der Waals surface area contributed by atoms with E-state index in [9.17, 15) is 23.9 Å². The zero-order chi connectivity index (χ0) is 31.2. The second-order valence-electron chi connectivity index (χ2n) is 8.74. The van der Waals surface area contributed by atoms with E-state index >= 15 is 0 Å². The number of terminal acetylenes is 1. The fourth-order valence-corrected chi connectivity index (χ4v) is 3.60. The maximum atomic E-state index is 12.2. The van der Waals surface area contributed by atoms with Gasteiger partial charge < -0.3 is 34.5 Å². The van der Waals surface area contributed by atoms with Gasteiger partial charge in [-0.15, -0.1) is 6.42 Å². The first kappa shape index (κ1) is 49.8. The standard InChI is InChI=1S/C33H37O8P.H3N.2Na.13H2/c1-3-5-7-9-11-13-15-17-19-21-23-25-27-32(34)39-29-31(30-40-42(36,37)38)41-33(35)28-26-24-22-20-18-16-14-12-10-8-6-4-2;;;;;;;;;;;;;;;;/h1,31H,4,6,8,10,12,14,16,18,20,22,24,26,28-30H2,2H3,(H2,36,37,38);1H3;;;13*1H/q;;2*+1;;;;;;;;;;;;;/p-2/t31-;;;;;;;;;;;;;;;;/m1................/s1. The number of carbonyl (C=O) groups is 2. The fourth-order valence-electron chi connectivity index (χ4n) is 3.25. The molecular weight excluding hydrogens is 615 g/mol. The summed E-state index contributed by atoms with van der Waals surface area (Å²) in [4.78, 5) is 45.6. The molecule has 0 bridgehead atoms. The number of phosphoric acid groups is 1. The van der Waals surface area contributed by atoms with Gasteiger partial charge in [0.25, 0.3) is 0 Å². The third kappa shape index (κ3) is 39.9. The molecule has 0 spiro atoms. The van der Waals surface area contributed by atoms with Crippen LogP contribution >= 0.6 is 7.82 Å². The number of phosphoric ester groups is 1. The van der Waals surface area contributed by atoms with Crippen molar-refractivity contribution < 1.29 is 116 Å². The van der Waals surface area contributed by atoms with E-state index in [4.69, 9.17) is 15.9 Å². The third-order valence-corrected chi connectivity index (χ3v) is 5.68. The number of esters is 2. The van der Waals surface area contributed by atoms with Crippen molar-refractivity contribution in [1.82, 2.24) is 6.15 Å². The minimum atomic E-state index is -5.32. The number of ether oxygens (including phenoxy) is 2. The van der Waals surface area contributed by atoms with Crippen molar-refractivity contribution >= 4 is 19.8 Å². The van der Waals surface area contributed by atoms with E-state index < -0.39 is 39.1 Å². The largest absolute Gasteiger partial charge is 1.00 e. The van der Waals surface area contributed by atoms with E-state index in [-0.39, 0.29) is 90.2 Å². The van der Waals surface area contributed by atoms with Crippen LogP contribution in [0, 0.1) is 83.4 Å². The molecule has 9 nitrogen and oxygen atoms in total. The predicted octanol–water partition coefficient (Wildman–Crippen LogP) is 0.400. The number of hydrogen-bond acceptors (Lipinski definition) is 9. The Labute approximate surface area is 332 Å².